The van der Waals surface area contributed by atoms with Crippen molar-refractivity contribution in [1.82, 2.24) is 14.6 Å². The van der Waals surface area contributed by atoms with Crippen molar-refractivity contribution >= 4 is 5.65 Å². The molecule has 0 atom stereocenters. The number of nitrogens with zero attached hydrogens (tertiary/aromatic N) is 2. The summed E-state index contributed by atoms with van der Waals surface area (Å²) < 4.78 is 14.2. The van der Waals surface area contributed by atoms with Gasteiger partial charge in [0.25, 0.3) is 5.56 Å². The van der Waals surface area contributed by atoms with Crippen molar-refractivity contribution in [2.75, 3.05) is 0 Å². The number of aromatic nitrogens is 3. The largest absolute Gasteiger partial charge is 0.276 e. The van der Waals surface area contributed by atoms with E-state index in [4.69, 9.17) is 0 Å². The Kier molecular flexibility index (Phi) is 2.44. The zero-order valence-electron chi connectivity index (χ0n) is 9.43. The second-order valence-electron chi connectivity index (χ2n) is 4.03. The van der Waals surface area contributed by atoms with Gasteiger partial charge >= 0.3 is 0 Å². The molecule has 0 saturated carbocycles. The molecule has 3 rings (SSSR count). The molecular formula is C13H10FN3O. The van der Waals surface area contributed by atoms with Gasteiger partial charge < -0.3 is 0 Å². The lowest BCUT2D eigenvalue weighted by atomic mass is 10.1. The highest BCUT2D eigenvalue weighted by Crippen LogP contribution is 2.08. The Balaban J connectivity index is 1.98. The summed E-state index contributed by atoms with van der Waals surface area (Å²) >= 11 is 0. The highest BCUT2D eigenvalue weighted by molar-refractivity contribution is 5.37. The number of pyridine rings is 1. The van der Waals surface area contributed by atoms with E-state index in [0.29, 0.717) is 17.9 Å². The van der Waals surface area contributed by atoms with E-state index in [9.17, 15) is 9.18 Å². The molecular weight excluding hydrogens is 233 g/mol. The number of nitrogens with one attached hydrogen (secondary N) is 1. The third-order valence-electron chi connectivity index (χ3n) is 2.71. The van der Waals surface area contributed by atoms with Gasteiger partial charge in [0.1, 0.15) is 11.6 Å². The molecule has 4 nitrogen and oxygen atoms in total. The first kappa shape index (κ1) is 10.7. The van der Waals surface area contributed by atoms with Crippen LogP contribution in [-0.2, 0) is 6.42 Å². The van der Waals surface area contributed by atoms with E-state index in [-0.39, 0.29) is 11.4 Å². The predicted octanol–water partition coefficient (Wildman–Crippen LogP) is 1.75. The van der Waals surface area contributed by atoms with Crippen LogP contribution >= 0.6 is 0 Å². The summed E-state index contributed by atoms with van der Waals surface area (Å²) in [5.41, 5.74) is 1.37. The van der Waals surface area contributed by atoms with Crippen molar-refractivity contribution in [2.45, 2.75) is 6.42 Å². The van der Waals surface area contributed by atoms with E-state index in [2.05, 4.69) is 10.1 Å². The summed E-state index contributed by atoms with van der Waals surface area (Å²) in [7, 11) is 0. The Morgan fingerprint density at radius 1 is 1.17 bits per heavy atom. The second-order valence-corrected chi connectivity index (χ2v) is 4.03. The smallest absolute Gasteiger partial charge is 0.271 e. The first-order chi connectivity index (χ1) is 8.72. The van der Waals surface area contributed by atoms with Gasteiger partial charge in [0.05, 0.1) is 0 Å². The van der Waals surface area contributed by atoms with E-state index < -0.39 is 0 Å². The van der Waals surface area contributed by atoms with Gasteiger partial charge in [-0.05, 0) is 23.8 Å². The molecule has 3 aromatic rings. The lowest BCUT2D eigenvalue weighted by Gasteiger charge is -1.96. The maximum atomic E-state index is 12.8. The maximum Gasteiger partial charge on any atom is 0.271 e. The van der Waals surface area contributed by atoms with Crippen molar-refractivity contribution in [3.05, 3.63) is 70.0 Å². The van der Waals surface area contributed by atoms with Crippen molar-refractivity contribution in [1.29, 1.82) is 0 Å². The summed E-state index contributed by atoms with van der Waals surface area (Å²) in [6.45, 7) is 0. The summed E-state index contributed by atoms with van der Waals surface area (Å²) in [6.07, 6.45) is 0.529. The zero-order chi connectivity index (χ0) is 12.5. The normalized spacial score (nSPS) is 10.9. The predicted molar refractivity (Wildman–Crippen MR) is 65.0 cm³/mol. The van der Waals surface area contributed by atoms with Crippen LogP contribution in [0.1, 0.15) is 11.4 Å². The molecule has 0 aliphatic carbocycles. The molecule has 1 N–H and O–H groups in total. The zero-order valence-corrected chi connectivity index (χ0v) is 9.43. The summed E-state index contributed by atoms with van der Waals surface area (Å²) in [5, 5.41) is 2.93. The standard InChI is InChI=1S/C13H10FN3O/c14-10-6-4-9(5-7-10)8-11-15-12-2-1-3-13(18)17(12)16-11/h1-7H,8H2,(H,15,16). The van der Waals surface area contributed by atoms with Crippen LogP contribution in [-0.4, -0.2) is 14.6 Å². The molecule has 18 heavy (non-hydrogen) atoms. The summed E-state index contributed by atoms with van der Waals surface area (Å²) in [5.74, 6) is 0.407. The van der Waals surface area contributed by atoms with E-state index in [1.165, 1.54) is 22.7 Å². The van der Waals surface area contributed by atoms with E-state index in [1.54, 1.807) is 24.3 Å². The first-order valence-corrected chi connectivity index (χ1v) is 5.53. The minimum Gasteiger partial charge on any atom is -0.276 e. The van der Waals surface area contributed by atoms with Crippen LogP contribution in [0.5, 0.6) is 0 Å². The quantitative estimate of drug-likeness (QED) is 0.745. The fourth-order valence-corrected chi connectivity index (χ4v) is 1.85. The molecule has 0 aliphatic rings. The Bertz CT molecular complexity index is 743. The highest BCUT2D eigenvalue weighted by atomic mass is 19.1. The van der Waals surface area contributed by atoms with Crippen LogP contribution in [0.25, 0.3) is 5.65 Å². The topological polar surface area (TPSA) is 50.2 Å². The molecule has 5 heteroatoms. The van der Waals surface area contributed by atoms with E-state index in [1.807, 2.05) is 0 Å². The summed E-state index contributed by atoms with van der Waals surface area (Å²) in [4.78, 5) is 15.8. The minimum atomic E-state index is -0.264. The van der Waals surface area contributed by atoms with Gasteiger partial charge in [-0.15, -0.1) is 0 Å². The Morgan fingerprint density at radius 2 is 1.94 bits per heavy atom. The fourth-order valence-electron chi connectivity index (χ4n) is 1.85. The summed E-state index contributed by atoms with van der Waals surface area (Å²) in [6, 6.07) is 11.1. The maximum absolute atomic E-state index is 12.8. The van der Waals surface area contributed by atoms with Crippen LogP contribution < -0.4 is 5.56 Å². The van der Waals surface area contributed by atoms with Gasteiger partial charge in [0, 0.05) is 12.5 Å². The Hall–Kier alpha value is -2.43. The van der Waals surface area contributed by atoms with Gasteiger partial charge in [-0.2, -0.15) is 0 Å². The molecule has 1 aromatic carbocycles. The molecule has 0 saturated heterocycles. The minimum absolute atomic E-state index is 0.148. The molecule has 0 amide bonds. The Labute approximate surface area is 102 Å². The molecule has 0 fully saturated rings. The van der Waals surface area contributed by atoms with Crippen LogP contribution in [0.3, 0.4) is 0 Å². The van der Waals surface area contributed by atoms with Gasteiger partial charge in [0.2, 0.25) is 0 Å². The average Bonchev–Trinajstić information content (AvgIpc) is 2.76. The van der Waals surface area contributed by atoms with Crippen molar-refractivity contribution in [2.24, 2.45) is 0 Å². The number of benzene rings is 1. The monoisotopic (exact) mass is 243 g/mol. The van der Waals surface area contributed by atoms with Gasteiger partial charge in [-0.1, -0.05) is 18.2 Å². The number of rotatable bonds is 2. The molecule has 90 valence electrons. The molecule has 0 unspecified atom stereocenters. The van der Waals surface area contributed by atoms with Gasteiger partial charge in [0.15, 0.2) is 5.65 Å². The molecule has 2 heterocycles. The van der Waals surface area contributed by atoms with Gasteiger partial charge in [-0.25, -0.2) is 13.9 Å². The molecule has 0 radical (unpaired) electrons. The van der Waals surface area contributed by atoms with Crippen molar-refractivity contribution < 1.29 is 4.39 Å². The molecule has 0 aliphatic heterocycles. The third kappa shape index (κ3) is 1.90. The van der Waals surface area contributed by atoms with Crippen LogP contribution in [0, 0.1) is 5.82 Å². The van der Waals surface area contributed by atoms with Crippen LogP contribution in [0.2, 0.25) is 0 Å². The fraction of sp³-hybridized carbons (Fsp3) is 0.0769. The number of hydrogen-bond donors (Lipinski definition) is 1. The van der Waals surface area contributed by atoms with Gasteiger partial charge in [-0.3, -0.25) is 9.89 Å². The van der Waals surface area contributed by atoms with E-state index >= 15 is 0 Å². The number of halogens is 1. The highest BCUT2D eigenvalue weighted by Gasteiger charge is 2.04. The second kappa shape index (κ2) is 4.10. The lowest BCUT2D eigenvalue weighted by Crippen LogP contribution is -2.11. The van der Waals surface area contributed by atoms with Crippen LogP contribution in [0.15, 0.2) is 47.3 Å². The molecule has 0 bridgehead atoms. The van der Waals surface area contributed by atoms with Crippen LogP contribution in [0.4, 0.5) is 4.39 Å². The molecule has 2 aromatic heterocycles. The lowest BCUT2D eigenvalue weighted by molar-refractivity contribution is 0.627. The number of H-pyrrole nitrogens is 1. The molecule has 0 spiro atoms. The van der Waals surface area contributed by atoms with Crippen molar-refractivity contribution in [3.8, 4) is 0 Å². The number of aromatic amines is 1. The average molecular weight is 243 g/mol. The van der Waals surface area contributed by atoms with Crippen molar-refractivity contribution in [3.63, 3.8) is 0 Å². The number of fused-ring (bicyclic) bond motifs is 1. The third-order valence-corrected chi connectivity index (χ3v) is 2.71. The number of hydrogen-bond acceptors (Lipinski definition) is 2. The Morgan fingerprint density at radius 3 is 2.67 bits per heavy atom. The first-order valence-electron chi connectivity index (χ1n) is 5.53. The SMILES string of the molecule is O=c1cccc2nc(Cc3ccc(F)cc3)[nH]n12. The van der Waals surface area contributed by atoms with E-state index in [0.717, 1.165) is 5.56 Å².